The second-order valence-corrected chi connectivity index (χ2v) is 7.27. The third-order valence-electron chi connectivity index (χ3n) is 4.14. The molecule has 0 bridgehead atoms. The van der Waals surface area contributed by atoms with Crippen molar-refractivity contribution < 1.29 is 0 Å². The number of nitrogens with zero attached hydrogens (tertiary/aromatic N) is 1. The predicted octanol–water partition coefficient (Wildman–Crippen LogP) is 6.60. The predicted molar refractivity (Wildman–Crippen MR) is 124 cm³/mol. The van der Waals surface area contributed by atoms with Crippen LogP contribution in [0.15, 0.2) is 91.0 Å². The number of hydrogen-bond acceptors (Lipinski definition) is 4. The van der Waals surface area contributed by atoms with Gasteiger partial charge < -0.3 is 0 Å². The largest absolute Gasteiger partial charge is 0.256 e. The van der Waals surface area contributed by atoms with Crippen LogP contribution in [0.4, 0.5) is 0 Å². The van der Waals surface area contributed by atoms with E-state index >= 15 is 0 Å². The zero-order valence-corrected chi connectivity index (χ0v) is 17.6. The van der Waals surface area contributed by atoms with Crippen LogP contribution in [0.1, 0.15) is 32.8 Å². The fourth-order valence-corrected chi connectivity index (χ4v) is 4.43. The molecular formula is C21H22ClNS3. The Morgan fingerprint density at radius 2 is 0.692 bits per heavy atom. The molecule has 0 aliphatic rings. The molecule has 0 aliphatic carbocycles. The lowest BCUT2D eigenvalue weighted by Crippen LogP contribution is -2.29. The first kappa shape index (κ1) is 21.3. The molecule has 3 atom stereocenters. The molecule has 5 heteroatoms. The summed E-state index contributed by atoms with van der Waals surface area (Å²) in [5.74, 6) is 0. The molecule has 0 radical (unpaired) electrons. The van der Waals surface area contributed by atoms with Crippen molar-refractivity contribution in [3.63, 3.8) is 0 Å². The van der Waals surface area contributed by atoms with Crippen molar-refractivity contribution in [3.05, 3.63) is 108 Å². The van der Waals surface area contributed by atoms with Gasteiger partial charge in [0.1, 0.15) is 0 Å². The van der Waals surface area contributed by atoms with Gasteiger partial charge in [-0.25, -0.2) is 0 Å². The van der Waals surface area contributed by atoms with Gasteiger partial charge in [0.2, 0.25) is 0 Å². The van der Waals surface area contributed by atoms with Crippen molar-refractivity contribution in [3.8, 4) is 0 Å². The summed E-state index contributed by atoms with van der Waals surface area (Å²) in [5.41, 5.74) is 3.36. The van der Waals surface area contributed by atoms with Gasteiger partial charge in [-0.15, -0.1) is 12.4 Å². The van der Waals surface area contributed by atoms with Gasteiger partial charge in [0.05, 0.1) is 16.1 Å². The first-order chi connectivity index (χ1) is 12.2. The molecule has 3 unspecified atom stereocenters. The van der Waals surface area contributed by atoms with Crippen LogP contribution in [0.5, 0.6) is 0 Å². The Hall–Kier alpha value is -1.04. The smallest absolute Gasteiger partial charge is 0.0808 e. The molecule has 0 saturated carbocycles. The van der Waals surface area contributed by atoms with E-state index in [-0.39, 0.29) is 28.5 Å². The molecule has 0 N–H and O–H groups in total. The van der Waals surface area contributed by atoms with Gasteiger partial charge in [-0.2, -0.15) is 37.9 Å². The first-order valence-electron chi connectivity index (χ1n) is 8.15. The van der Waals surface area contributed by atoms with Crippen molar-refractivity contribution >= 4 is 50.3 Å². The third-order valence-corrected chi connectivity index (χ3v) is 5.83. The summed E-state index contributed by atoms with van der Waals surface area (Å²) >= 11 is 14.8. The lowest BCUT2D eigenvalue weighted by atomic mass is 10.1. The topological polar surface area (TPSA) is 3.24 Å². The monoisotopic (exact) mass is 419 g/mol. The van der Waals surface area contributed by atoms with E-state index in [0.717, 1.165) is 16.7 Å². The highest BCUT2D eigenvalue weighted by Gasteiger charge is 2.30. The maximum Gasteiger partial charge on any atom is 0.0808 e. The van der Waals surface area contributed by atoms with E-state index in [1.165, 1.54) is 0 Å². The van der Waals surface area contributed by atoms with Gasteiger partial charge in [0.25, 0.3) is 0 Å². The zero-order chi connectivity index (χ0) is 17.6. The fraction of sp³-hybridized carbons (Fsp3) is 0.143. The van der Waals surface area contributed by atoms with Crippen LogP contribution in [0, 0.1) is 0 Å². The molecule has 0 amide bonds. The van der Waals surface area contributed by atoms with Gasteiger partial charge >= 0.3 is 0 Å². The van der Waals surface area contributed by atoms with E-state index in [1.807, 2.05) is 54.6 Å². The van der Waals surface area contributed by atoms with E-state index in [1.54, 1.807) is 0 Å². The minimum Gasteiger partial charge on any atom is -0.256 e. The third kappa shape index (κ3) is 5.02. The highest BCUT2D eigenvalue weighted by molar-refractivity contribution is 7.82. The number of hydrogen-bond donors (Lipinski definition) is 3. The summed E-state index contributed by atoms with van der Waals surface area (Å²) in [5, 5.41) is -0.398. The fourth-order valence-electron chi connectivity index (χ4n) is 2.79. The Bertz CT molecular complexity index is 663. The molecule has 0 fully saturated rings. The van der Waals surface area contributed by atoms with Gasteiger partial charge in [0.15, 0.2) is 0 Å². The highest BCUT2D eigenvalue weighted by Crippen LogP contribution is 2.43. The quantitative estimate of drug-likeness (QED) is 0.300. The molecule has 0 aromatic heterocycles. The van der Waals surface area contributed by atoms with Crippen LogP contribution >= 0.6 is 50.3 Å². The molecule has 0 aliphatic heterocycles. The molecular weight excluding hydrogens is 398 g/mol. The van der Waals surface area contributed by atoms with Gasteiger partial charge in [-0.05, 0) is 16.7 Å². The van der Waals surface area contributed by atoms with Crippen molar-refractivity contribution in [2.75, 3.05) is 0 Å². The Morgan fingerprint density at radius 1 is 0.462 bits per heavy atom. The summed E-state index contributed by atoms with van der Waals surface area (Å²) in [4.78, 5) is 2.20. The van der Waals surface area contributed by atoms with Crippen molar-refractivity contribution in [1.82, 2.24) is 4.90 Å². The summed E-state index contributed by atoms with van der Waals surface area (Å²) in [6, 6.07) is 30.7. The second-order valence-electron chi connectivity index (χ2n) is 5.80. The number of benzene rings is 3. The van der Waals surface area contributed by atoms with Crippen molar-refractivity contribution in [1.29, 1.82) is 0 Å². The molecule has 3 rings (SSSR count). The van der Waals surface area contributed by atoms with E-state index < -0.39 is 0 Å². The van der Waals surface area contributed by atoms with Crippen LogP contribution in [0.25, 0.3) is 0 Å². The van der Waals surface area contributed by atoms with Gasteiger partial charge in [-0.1, -0.05) is 91.0 Å². The van der Waals surface area contributed by atoms with Crippen molar-refractivity contribution in [2.24, 2.45) is 0 Å². The first-order valence-corrected chi connectivity index (χ1v) is 9.70. The van der Waals surface area contributed by atoms with Gasteiger partial charge in [0, 0.05) is 0 Å². The SMILES string of the molecule is Cl.SC(c1ccccc1)N(C(S)c1ccccc1)C(S)c1ccccc1. The van der Waals surface area contributed by atoms with Crippen molar-refractivity contribution in [2.45, 2.75) is 16.1 Å². The number of thiol groups is 3. The molecule has 0 saturated heterocycles. The number of halogens is 1. The van der Waals surface area contributed by atoms with E-state index in [9.17, 15) is 0 Å². The van der Waals surface area contributed by atoms with E-state index in [4.69, 9.17) is 37.9 Å². The lowest BCUT2D eigenvalue weighted by molar-refractivity contribution is 0.230. The Balaban J connectivity index is 0.00000243. The van der Waals surface area contributed by atoms with E-state index in [2.05, 4.69) is 41.3 Å². The molecule has 0 spiro atoms. The molecule has 3 aromatic carbocycles. The maximum absolute atomic E-state index is 4.92. The molecule has 1 nitrogen and oxygen atoms in total. The highest BCUT2D eigenvalue weighted by atomic mass is 35.5. The van der Waals surface area contributed by atoms with E-state index in [0.29, 0.717) is 0 Å². The average molecular weight is 420 g/mol. The molecule has 0 heterocycles. The Labute approximate surface area is 178 Å². The summed E-state index contributed by atoms with van der Waals surface area (Å²) in [6.07, 6.45) is 0. The van der Waals surface area contributed by atoms with Gasteiger partial charge in [-0.3, -0.25) is 4.90 Å². The minimum absolute atomic E-state index is 0. The van der Waals surface area contributed by atoms with Crippen LogP contribution in [-0.4, -0.2) is 4.90 Å². The second kappa shape index (κ2) is 10.3. The molecule has 136 valence electrons. The van der Waals surface area contributed by atoms with Crippen LogP contribution < -0.4 is 0 Å². The van der Waals surface area contributed by atoms with Crippen LogP contribution in [-0.2, 0) is 0 Å². The number of rotatable bonds is 6. The Morgan fingerprint density at radius 3 is 0.923 bits per heavy atom. The summed E-state index contributed by atoms with van der Waals surface area (Å²) in [7, 11) is 0. The Kier molecular flexibility index (Phi) is 8.45. The normalized spacial score (nSPS) is 14.3. The lowest BCUT2D eigenvalue weighted by Gasteiger charge is -2.38. The molecule has 26 heavy (non-hydrogen) atoms. The minimum atomic E-state index is -0.133. The molecule has 3 aromatic rings. The van der Waals surface area contributed by atoms with Crippen LogP contribution in [0.3, 0.4) is 0 Å². The maximum atomic E-state index is 4.92. The van der Waals surface area contributed by atoms with Crippen LogP contribution in [0.2, 0.25) is 0 Å². The summed E-state index contributed by atoms with van der Waals surface area (Å²) < 4.78 is 0. The zero-order valence-electron chi connectivity index (χ0n) is 14.1. The summed E-state index contributed by atoms with van der Waals surface area (Å²) in [6.45, 7) is 0. The average Bonchev–Trinajstić information content (AvgIpc) is 2.70. The standard InChI is InChI=1S/C21H21NS3.ClH/c23-19(16-10-4-1-5-11-16)22(20(24)17-12-6-2-7-13-17)21(25)18-14-8-3-9-15-18;/h1-15,19-21,23-25H;1H.